The lowest BCUT2D eigenvalue weighted by Crippen LogP contribution is -2.17. The maximum Gasteiger partial charge on any atom is 0.278 e. The van der Waals surface area contributed by atoms with Crippen LogP contribution in [0.2, 0.25) is 0 Å². The van der Waals surface area contributed by atoms with E-state index in [4.69, 9.17) is 9.47 Å². The van der Waals surface area contributed by atoms with Gasteiger partial charge in [-0.25, -0.2) is 0 Å². The van der Waals surface area contributed by atoms with Gasteiger partial charge in [0, 0.05) is 25.9 Å². The first kappa shape index (κ1) is 15.2. The highest BCUT2D eigenvalue weighted by atomic mass is 16.7. The first-order valence-electron chi connectivity index (χ1n) is 7.75. The molecule has 0 atom stereocenters. The highest BCUT2D eigenvalue weighted by Gasteiger charge is 2.18. The number of ether oxygens (including phenoxy) is 2. The number of hydrogen-bond donors (Lipinski definition) is 0. The molecule has 0 radical (unpaired) electrons. The van der Waals surface area contributed by atoms with Crippen LogP contribution in [-0.4, -0.2) is 23.7 Å². The molecule has 0 saturated heterocycles. The van der Waals surface area contributed by atoms with E-state index in [1.807, 2.05) is 30.1 Å². The third-order valence-corrected chi connectivity index (χ3v) is 4.19. The molecule has 7 heteroatoms. The Morgan fingerprint density at radius 1 is 1.20 bits per heavy atom. The highest BCUT2D eigenvalue weighted by molar-refractivity contribution is 5.96. The molecule has 4 rings (SSSR count). The van der Waals surface area contributed by atoms with Gasteiger partial charge in [-0.2, -0.15) is 0 Å². The van der Waals surface area contributed by atoms with Crippen LogP contribution >= 0.6 is 0 Å². The molecular weight excluding hydrogens is 322 g/mol. The second-order valence-electron chi connectivity index (χ2n) is 5.80. The Morgan fingerprint density at radius 2 is 2.04 bits per heavy atom. The van der Waals surface area contributed by atoms with Crippen LogP contribution in [0.1, 0.15) is 5.56 Å². The van der Waals surface area contributed by atoms with Crippen molar-refractivity contribution in [1.82, 2.24) is 4.98 Å². The molecule has 0 aliphatic carbocycles. The third kappa shape index (κ3) is 2.69. The number of benzene rings is 2. The molecule has 0 amide bonds. The maximum absolute atomic E-state index is 11.2. The standard InChI is InChI=1S/C18H15N3O4/c1-20(10-12-4-7-16-17(9-12)25-11-24-16)15-6-5-14(21(22)23)13-3-2-8-19-18(13)15/h2-9H,10-11H2,1H3. The average molecular weight is 337 g/mol. The van der Waals surface area contributed by atoms with E-state index in [-0.39, 0.29) is 17.4 Å². The largest absolute Gasteiger partial charge is 0.454 e. The molecule has 0 spiro atoms. The van der Waals surface area contributed by atoms with Crippen molar-refractivity contribution >= 4 is 22.3 Å². The summed E-state index contributed by atoms with van der Waals surface area (Å²) in [5.41, 5.74) is 2.55. The number of fused-ring (bicyclic) bond motifs is 2. The molecule has 0 N–H and O–H groups in total. The summed E-state index contributed by atoms with van der Waals surface area (Å²) in [6.45, 7) is 0.853. The smallest absolute Gasteiger partial charge is 0.278 e. The summed E-state index contributed by atoms with van der Waals surface area (Å²) in [6.07, 6.45) is 1.64. The molecule has 1 aromatic heterocycles. The van der Waals surface area contributed by atoms with Crippen molar-refractivity contribution in [3.63, 3.8) is 0 Å². The van der Waals surface area contributed by atoms with Gasteiger partial charge in [0.05, 0.1) is 16.0 Å². The van der Waals surface area contributed by atoms with Crippen LogP contribution in [0, 0.1) is 10.1 Å². The summed E-state index contributed by atoms with van der Waals surface area (Å²) >= 11 is 0. The van der Waals surface area contributed by atoms with Gasteiger partial charge in [0.1, 0.15) is 5.52 Å². The van der Waals surface area contributed by atoms with Gasteiger partial charge in [-0.05, 0) is 35.9 Å². The molecule has 0 unspecified atom stereocenters. The number of non-ortho nitro benzene ring substituents is 1. The van der Waals surface area contributed by atoms with Crippen LogP contribution in [-0.2, 0) is 6.54 Å². The fourth-order valence-corrected chi connectivity index (χ4v) is 3.01. The molecule has 2 aromatic carbocycles. The van der Waals surface area contributed by atoms with Crippen LogP contribution in [0.15, 0.2) is 48.7 Å². The molecule has 0 saturated carbocycles. The van der Waals surface area contributed by atoms with Gasteiger partial charge in [0.2, 0.25) is 6.79 Å². The maximum atomic E-state index is 11.2. The number of aromatic nitrogens is 1. The quantitative estimate of drug-likeness (QED) is 0.535. The van der Waals surface area contributed by atoms with Crippen LogP contribution in [0.4, 0.5) is 11.4 Å². The van der Waals surface area contributed by atoms with Gasteiger partial charge in [-0.3, -0.25) is 15.1 Å². The predicted molar refractivity (Wildman–Crippen MR) is 93.1 cm³/mol. The first-order chi connectivity index (χ1) is 12.1. The summed E-state index contributed by atoms with van der Waals surface area (Å²) in [5.74, 6) is 1.48. The topological polar surface area (TPSA) is 77.7 Å². The molecule has 1 aliphatic rings. The minimum absolute atomic E-state index is 0.0586. The molecular formula is C18H15N3O4. The average Bonchev–Trinajstić information content (AvgIpc) is 3.08. The summed E-state index contributed by atoms with van der Waals surface area (Å²) in [7, 11) is 1.93. The van der Waals surface area contributed by atoms with E-state index in [0.717, 1.165) is 22.7 Å². The van der Waals surface area contributed by atoms with E-state index in [1.54, 1.807) is 24.4 Å². The Balaban J connectivity index is 1.69. The Hall–Kier alpha value is -3.35. The number of rotatable bonds is 4. The van der Waals surface area contributed by atoms with Crippen molar-refractivity contribution in [1.29, 1.82) is 0 Å². The SMILES string of the molecule is CN(Cc1ccc2c(c1)OCO2)c1ccc([N+](=O)[O-])c2cccnc12. The Labute approximate surface area is 143 Å². The summed E-state index contributed by atoms with van der Waals surface area (Å²) in [5, 5.41) is 11.8. The van der Waals surface area contributed by atoms with Crippen molar-refractivity contribution in [3.8, 4) is 11.5 Å². The van der Waals surface area contributed by atoms with Gasteiger partial charge < -0.3 is 14.4 Å². The molecule has 0 bridgehead atoms. The summed E-state index contributed by atoms with van der Waals surface area (Å²) in [6, 6.07) is 12.5. The predicted octanol–water partition coefficient (Wildman–Crippen LogP) is 3.51. The number of anilines is 1. The Kier molecular flexibility index (Phi) is 3.61. The fourth-order valence-electron chi connectivity index (χ4n) is 3.01. The fraction of sp³-hybridized carbons (Fsp3) is 0.167. The Bertz CT molecular complexity index is 974. The van der Waals surface area contributed by atoms with Crippen LogP contribution < -0.4 is 14.4 Å². The molecule has 3 aromatic rings. The number of pyridine rings is 1. The third-order valence-electron chi connectivity index (χ3n) is 4.19. The normalized spacial score (nSPS) is 12.4. The van der Waals surface area contributed by atoms with Gasteiger partial charge >= 0.3 is 0 Å². The van der Waals surface area contributed by atoms with Crippen LogP contribution in [0.3, 0.4) is 0 Å². The van der Waals surface area contributed by atoms with Crippen molar-refractivity contribution in [3.05, 3.63) is 64.3 Å². The second-order valence-corrected chi connectivity index (χ2v) is 5.80. The molecule has 7 nitrogen and oxygen atoms in total. The van der Waals surface area contributed by atoms with E-state index in [0.29, 0.717) is 17.4 Å². The van der Waals surface area contributed by atoms with Crippen LogP contribution in [0.25, 0.3) is 10.9 Å². The minimum Gasteiger partial charge on any atom is -0.454 e. The minimum atomic E-state index is -0.383. The molecule has 1 aliphatic heterocycles. The zero-order valence-electron chi connectivity index (χ0n) is 13.5. The van der Waals surface area contributed by atoms with E-state index in [1.165, 1.54) is 6.07 Å². The lowest BCUT2D eigenvalue weighted by atomic mass is 10.1. The number of nitro groups is 1. The zero-order chi connectivity index (χ0) is 17.4. The molecule has 126 valence electrons. The number of nitro benzene ring substituents is 1. The molecule has 25 heavy (non-hydrogen) atoms. The van der Waals surface area contributed by atoms with E-state index in [9.17, 15) is 10.1 Å². The van der Waals surface area contributed by atoms with Gasteiger partial charge in [-0.1, -0.05) is 6.07 Å². The van der Waals surface area contributed by atoms with Crippen LogP contribution in [0.5, 0.6) is 11.5 Å². The highest BCUT2D eigenvalue weighted by Crippen LogP contribution is 2.35. The monoisotopic (exact) mass is 337 g/mol. The molecule has 2 heterocycles. The summed E-state index contributed by atoms with van der Waals surface area (Å²) in [4.78, 5) is 17.2. The van der Waals surface area contributed by atoms with Crippen molar-refractivity contribution in [2.75, 3.05) is 18.7 Å². The molecule has 0 fully saturated rings. The zero-order valence-corrected chi connectivity index (χ0v) is 13.5. The van der Waals surface area contributed by atoms with E-state index >= 15 is 0 Å². The lowest BCUT2D eigenvalue weighted by Gasteiger charge is -2.21. The van der Waals surface area contributed by atoms with Gasteiger partial charge in [0.15, 0.2) is 11.5 Å². The number of nitrogens with zero attached hydrogens (tertiary/aromatic N) is 3. The van der Waals surface area contributed by atoms with Crippen molar-refractivity contribution in [2.45, 2.75) is 6.54 Å². The second kappa shape index (κ2) is 5.94. The first-order valence-corrected chi connectivity index (χ1v) is 7.75. The Morgan fingerprint density at radius 3 is 2.88 bits per heavy atom. The van der Waals surface area contributed by atoms with Crippen molar-refractivity contribution < 1.29 is 14.4 Å². The number of hydrogen-bond acceptors (Lipinski definition) is 6. The van der Waals surface area contributed by atoms with Crippen molar-refractivity contribution in [2.24, 2.45) is 0 Å². The van der Waals surface area contributed by atoms with E-state index in [2.05, 4.69) is 4.98 Å². The van der Waals surface area contributed by atoms with Gasteiger partial charge in [-0.15, -0.1) is 0 Å². The summed E-state index contributed by atoms with van der Waals surface area (Å²) < 4.78 is 10.7. The van der Waals surface area contributed by atoms with Gasteiger partial charge in [0.25, 0.3) is 5.69 Å². The van der Waals surface area contributed by atoms with E-state index < -0.39 is 0 Å². The lowest BCUT2D eigenvalue weighted by molar-refractivity contribution is -0.383.